The van der Waals surface area contributed by atoms with Crippen molar-refractivity contribution in [3.63, 3.8) is 0 Å². The summed E-state index contributed by atoms with van der Waals surface area (Å²) in [5.41, 5.74) is 0.224. The maximum absolute atomic E-state index is 12.4. The standard InChI is InChI=1S/C19H21N5O4/c25-16-12-15(28-22-16)6-7-17(26)23-10-8-13(9-11-23)18-20-21-19(27)24(18)14-4-2-1-3-5-14/h1-5,12-13H,6-11H2,(H,21,27)(H,22,25). The van der Waals surface area contributed by atoms with Crippen molar-refractivity contribution in [1.82, 2.24) is 24.8 Å². The first-order chi connectivity index (χ1) is 13.6. The number of para-hydroxylation sites is 1. The summed E-state index contributed by atoms with van der Waals surface area (Å²) in [6, 6.07) is 10.8. The first kappa shape index (κ1) is 18.0. The SMILES string of the molecule is O=C(CCc1cc(=O)[nH]o1)N1CCC(c2n[nH]c(=O)n2-c2ccccc2)CC1. The van der Waals surface area contributed by atoms with Gasteiger partial charge in [0.05, 0.1) is 5.69 Å². The van der Waals surface area contributed by atoms with E-state index in [0.717, 1.165) is 18.5 Å². The van der Waals surface area contributed by atoms with Gasteiger partial charge in [0.25, 0.3) is 5.56 Å². The molecule has 0 unspecified atom stereocenters. The Labute approximate surface area is 159 Å². The van der Waals surface area contributed by atoms with Gasteiger partial charge in [-0.05, 0) is 25.0 Å². The van der Waals surface area contributed by atoms with Crippen molar-refractivity contribution in [3.05, 3.63) is 68.8 Å². The Balaban J connectivity index is 1.39. The second kappa shape index (κ2) is 7.71. The Morgan fingerprint density at radius 2 is 1.93 bits per heavy atom. The molecule has 1 aliphatic rings. The molecule has 146 valence electrons. The average molecular weight is 383 g/mol. The number of nitrogens with zero attached hydrogens (tertiary/aromatic N) is 3. The third-order valence-corrected chi connectivity index (χ3v) is 5.09. The maximum atomic E-state index is 12.4. The number of benzene rings is 1. The van der Waals surface area contributed by atoms with Gasteiger partial charge in [-0.25, -0.2) is 14.5 Å². The number of carbonyl (C=O) groups excluding carboxylic acids is 1. The van der Waals surface area contributed by atoms with Crippen LogP contribution in [0.25, 0.3) is 5.69 Å². The number of aromatic nitrogens is 4. The minimum Gasteiger partial charge on any atom is -0.384 e. The van der Waals surface area contributed by atoms with Gasteiger partial charge in [0.2, 0.25) is 5.91 Å². The minimum atomic E-state index is -0.299. The van der Waals surface area contributed by atoms with E-state index in [2.05, 4.69) is 15.4 Å². The number of aromatic amines is 2. The summed E-state index contributed by atoms with van der Waals surface area (Å²) in [5, 5.41) is 9.01. The van der Waals surface area contributed by atoms with Crippen molar-refractivity contribution in [3.8, 4) is 5.69 Å². The third-order valence-electron chi connectivity index (χ3n) is 5.09. The lowest BCUT2D eigenvalue weighted by molar-refractivity contribution is -0.132. The summed E-state index contributed by atoms with van der Waals surface area (Å²) in [5.74, 6) is 1.32. The van der Waals surface area contributed by atoms with Crippen LogP contribution in [0.1, 0.15) is 36.8 Å². The molecular formula is C19H21N5O4. The van der Waals surface area contributed by atoms with Crippen LogP contribution in [0.4, 0.5) is 0 Å². The molecule has 3 heterocycles. The summed E-state index contributed by atoms with van der Waals surface area (Å²) in [4.78, 5) is 37.5. The molecule has 0 radical (unpaired) electrons. The smallest absolute Gasteiger partial charge is 0.347 e. The average Bonchev–Trinajstić information content (AvgIpc) is 3.32. The monoisotopic (exact) mass is 383 g/mol. The molecule has 0 spiro atoms. The van der Waals surface area contributed by atoms with E-state index in [4.69, 9.17) is 4.52 Å². The largest absolute Gasteiger partial charge is 0.384 e. The van der Waals surface area contributed by atoms with Crippen LogP contribution in [0.5, 0.6) is 0 Å². The lowest BCUT2D eigenvalue weighted by Crippen LogP contribution is -2.38. The lowest BCUT2D eigenvalue weighted by Gasteiger charge is -2.31. The van der Waals surface area contributed by atoms with E-state index in [-0.39, 0.29) is 23.1 Å². The molecule has 0 atom stereocenters. The Kier molecular flexibility index (Phi) is 4.96. The molecule has 2 N–H and O–H groups in total. The normalized spacial score (nSPS) is 15.1. The number of hydrogen-bond donors (Lipinski definition) is 2. The predicted molar refractivity (Wildman–Crippen MR) is 100 cm³/mol. The number of carbonyl (C=O) groups is 1. The molecule has 28 heavy (non-hydrogen) atoms. The summed E-state index contributed by atoms with van der Waals surface area (Å²) in [6.07, 6.45) is 2.16. The van der Waals surface area contributed by atoms with Gasteiger partial charge in [-0.1, -0.05) is 18.2 Å². The zero-order valence-corrected chi connectivity index (χ0v) is 15.3. The van der Waals surface area contributed by atoms with Crippen LogP contribution < -0.4 is 11.2 Å². The molecule has 1 fully saturated rings. The zero-order valence-electron chi connectivity index (χ0n) is 15.3. The van der Waals surface area contributed by atoms with Crippen LogP contribution >= 0.6 is 0 Å². The second-order valence-corrected chi connectivity index (χ2v) is 6.89. The van der Waals surface area contributed by atoms with Gasteiger partial charge in [0, 0.05) is 37.9 Å². The van der Waals surface area contributed by atoms with Crippen molar-refractivity contribution in [2.45, 2.75) is 31.6 Å². The molecule has 0 aliphatic carbocycles. The van der Waals surface area contributed by atoms with Crippen molar-refractivity contribution >= 4 is 5.91 Å². The molecular weight excluding hydrogens is 362 g/mol. The Morgan fingerprint density at radius 3 is 2.61 bits per heavy atom. The highest BCUT2D eigenvalue weighted by atomic mass is 16.5. The Hall–Kier alpha value is -3.36. The fourth-order valence-electron chi connectivity index (χ4n) is 3.63. The lowest BCUT2D eigenvalue weighted by atomic mass is 9.95. The molecule has 9 heteroatoms. The quantitative estimate of drug-likeness (QED) is 0.686. The number of amides is 1. The number of piperidine rings is 1. The highest BCUT2D eigenvalue weighted by molar-refractivity contribution is 5.76. The fourth-order valence-corrected chi connectivity index (χ4v) is 3.63. The molecule has 9 nitrogen and oxygen atoms in total. The van der Waals surface area contributed by atoms with E-state index in [1.807, 2.05) is 35.2 Å². The van der Waals surface area contributed by atoms with E-state index in [1.165, 1.54) is 6.07 Å². The van der Waals surface area contributed by atoms with E-state index < -0.39 is 0 Å². The molecule has 3 aromatic rings. The van der Waals surface area contributed by atoms with Gasteiger partial charge in [0.1, 0.15) is 11.6 Å². The van der Waals surface area contributed by atoms with Gasteiger partial charge in [0.15, 0.2) is 0 Å². The predicted octanol–water partition coefficient (Wildman–Crippen LogP) is 1.18. The van der Waals surface area contributed by atoms with Crippen molar-refractivity contribution < 1.29 is 9.32 Å². The van der Waals surface area contributed by atoms with E-state index in [0.29, 0.717) is 37.5 Å². The third kappa shape index (κ3) is 3.68. The van der Waals surface area contributed by atoms with Crippen LogP contribution in [-0.4, -0.2) is 43.8 Å². The topological polar surface area (TPSA) is 117 Å². The number of likely N-dealkylation sites (tertiary alicyclic amines) is 1. The van der Waals surface area contributed by atoms with Crippen molar-refractivity contribution in [2.75, 3.05) is 13.1 Å². The number of H-pyrrole nitrogens is 2. The van der Waals surface area contributed by atoms with Crippen LogP contribution in [0, 0.1) is 0 Å². The van der Waals surface area contributed by atoms with Crippen LogP contribution in [0.3, 0.4) is 0 Å². The summed E-state index contributed by atoms with van der Waals surface area (Å²) in [7, 11) is 0. The highest BCUT2D eigenvalue weighted by Gasteiger charge is 2.28. The van der Waals surface area contributed by atoms with Gasteiger partial charge >= 0.3 is 5.69 Å². The molecule has 1 saturated heterocycles. The van der Waals surface area contributed by atoms with Crippen molar-refractivity contribution in [1.29, 1.82) is 0 Å². The minimum absolute atomic E-state index is 0.0322. The zero-order chi connectivity index (χ0) is 19.5. The van der Waals surface area contributed by atoms with Gasteiger partial charge in [-0.15, -0.1) is 0 Å². The number of nitrogens with one attached hydrogen (secondary N) is 2. The van der Waals surface area contributed by atoms with Crippen LogP contribution in [-0.2, 0) is 11.2 Å². The van der Waals surface area contributed by atoms with Crippen molar-refractivity contribution in [2.24, 2.45) is 0 Å². The summed E-state index contributed by atoms with van der Waals surface area (Å²) >= 11 is 0. The van der Waals surface area contributed by atoms with E-state index in [9.17, 15) is 14.4 Å². The van der Waals surface area contributed by atoms with Gasteiger partial charge < -0.3 is 9.42 Å². The van der Waals surface area contributed by atoms with E-state index >= 15 is 0 Å². The number of rotatable bonds is 5. The van der Waals surface area contributed by atoms with Crippen LogP contribution in [0.2, 0.25) is 0 Å². The molecule has 1 aromatic carbocycles. The molecule has 4 rings (SSSR count). The first-order valence-corrected chi connectivity index (χ1v) is 9.30. The molecule has 2 aromatic heterocycles. The molecule has 1 amide bonds. The Morgan fingerprint density at radius 1 is 1.18 bits per heavy atom. The number of hydrogen-bond acceptors (Lipinski definition) is 5. The number of aryl methyl sites for hydroxylation is 1. The summed E-state index contributed by atoms with van der Waals surface area (Å²) in [6.45, 7) is 1.22. The second-order valence-electron chi connectivity index (χ2n) is 6.89. The van der Waals surface area contributed by atoms with E-state index in [1.54, 1.807) is 4.57 Å². The first-order valence-electron chi connectivity index (χ1n) is 9.30. The molecule has 0 bridgehead atoms. The molecule has 0 saturated carbocycles. The highest BCUT2D eigenvalue weighted by Crippen LogP contribution is 2.27. The van der Waals surface area contributed by atoms with Crippen LogP contribution in [0.15, 0.2) is 50.5 Å². The summed E-state index contributed by atoms with van der Waals surface area (Å²) < 4.78 is 6.59. The Bertz CT molecular complexity index is 1050. The molecule has 1 aliphatic heterocycles. The fraction of sp³-hybridized carbons (Fsp3) is 0.368. The van der Waals surface area contributed by atoms with Gasteiger partial charge in [-0.3, -0.25) is 9.59 Å². The maximum Gasteiger partial charge on any atom is 0.347 e. The van der Waals surface area contributed by atoms with Gasteiger partial charge in [-0.2, -0.15) is 10.3 Å².